The van der Waals surface area contributed by atoms with E-state index in [0.29, 0.717) is 0 Å². The highest BCUT2D eigenvalue weighted by Crippen LogP contribution is 2.28. The molecule has 0 saturated carbocycles. The summed E-state index contributed by atoms with van der Waals surface area (Å²) < 4.78 is 5.56. The van der Waals surface area contributed by atoms with Gasteiger partial charge in [-0.1, -0.05) is 0 Å². The summed E-state index contributed by atoms with van der Waals surface area (Å²) in [4.78, 5) is 0. The molecule has 0 aromatic rings. The van der Waals surface area contributed by atoms with Crippen molar-refractivity contribution in [3.05, 3.63) is 0 Å². The number of thiol groups is 1. The molecule has 60 valence electrons. The summed E-state index contributed by atoms with van der Waals surface area (Å²) in [5, 5.41) is 0. The van der Waals surface area contributed by atoms with Crippen LogP contribution in [0.3, 0.4) is 0 Å². The van der Waals surface area contributed by atoms with Gasteiger partial charge in [0.05, 0.1) is 5.60 Å². The molecule has 1 rings (SSSR count). The Balaban J connectivity index is 2.40. The molecule has 1 aliphatic heterocycles. The Morgan fingerprint density at radius 1 is 1.60 bits per heavy atom. The van der Waals surface area contributed by atoms with Crippen LogP contribution in [0.15, 0.2) is 0 Å². The first kappa shape index (κ1) is 8.41. The quantitative estimate of drug-likeness (QED) is 0.578. The van der Waals surface area contributed by atoms with Crippen LogP contribution in [0.4, 0.5) is 0 Å². The smallest absolute Gasteiger partial charge is 0.0629 e. The van der Waals surface area contributed by atoms with Crippen LogP contribution in [0.25, 0.3) is 0 Å². The summed E-state index contributed by atoms with van der Waals surface area (Å²) in [5.41, 5.74) is 0.103. The van der Waals surface area contributed by atoms with Crippen LogP contribution >= 0.6 is 12.6 Å². The number of hydrogen-bond donors (Lipinski definition) is 1. The fourth-order valence-corrected chi connectivity index (χ4v) is 1.83. The van der Waals surface area contributed by atoms with Gasteiger partial charge in [-0.05, 0) is 38.4 Å². The van der Waals surface area contributed by atoms with Crippen molar-refractivity contribution in [2.75, 3.05) is 12.4 Å². The van der Waals surface area contributed by atoms with E-state index in [2.05, 4.69) is 26.5 Å². The van der Waals surface area contributed by atoms with Crippen LogP contribution in [0.1, 0.15) is 26.7 Å². The summed E-state index contributed by atoms with van der Waals surface area (Å²) in [6, 6.07) is 0. The Bertz CT molecular complexity index is 112. The van der Waals surface area contributed by atoms with Gasteiger partial charge in [-0.3, -0.25) is 0 Å². The van der Waals surface area contributed by atoms with E-state index >= 15 is 0 Å². The van der Waals surface area contributed by atoms with Crippen LogP contribution in [0.5, 0.6) is 0 Å². The maximum Gasteiger partial charge on any atom is 0.0629 e. The molecule has 2 heteroatoms. The highest BCUT2D eigenvalue weighted by atomic mass is 32.1. The predicted molar refractivity (Wildman–Crippen MR) is 46.6 cm³/mol. The molecule has 1 fully saturated rings. The van der Waals surface area contributed by atoms with Crippen LogP contribution < -0.4 is 0 Å². The SMILES string of the molecule is CC1(C)CC(CS)CCO1. The molecule has 0 amide bonds. The Kier molecular flexibility index (Phi) is 2.64. The lowest BCUT2D eigenvalue weighted by Crippen LogP contribution is -2.34. The minimum atomic E-state index is 0.103. The third kappa shape index (κ3) is 2.17. The van der Waals surface area contributed by atoms with Crippen molar-refractivity contribution in [3.8, 4) is 0 Å². The Morgan fingerprint density at radius 3 is 2.70 bits per heavy atom. The van der Waals surface area contributed by atoms with E-state index in [1.165, 1.54) is 6.42 Å². The largest absolute Gasteiger partial charge is 0.376 e. The predicted octanol–water partition coefficient (Wildman–Crippen LogP) is 2.12. The van der Waals surface area contributed by atoms with Gasteiger partial charge in [0.2, 0.25) is 0 Å². The Labute approximate surface area is 68.6 Å². The monoisotopic (exact) mass is 160 g/mol. The number of hydrogen-bond acceptors (Lipinski definition) is 2. The highest BCUT2D eigenvalue weighted by molar-refractivity contribution is 7.80. The molecule has 1 heterocycles. The van der Waals surface area contributed by atoms with Gasteiger partial charge in [-0.25, -0.2) is 0 Å². The van der Waals surface area contributed by atoms with Crippen molar-refractivity contribution >= 4 is 12.6 Å². The summed E-state index contributed by atoms with van der Waals surface area (Å²) in [6.07, 6.45) is 2.35. The maximum absolute atomic E-state index is 5.56. The fourth-order valence-electron chi connectivity index (χ4n) is 1.51. The van der Waals surface area contributed by atoms with Crippen molar-refractivity contribution in [1.82, 2.24) is 0 Å². The minimum absolute atomic E-state index is 0.103. The summed E-state index contributed by atoms with van der Waals surface area (Å²) in [5.74, 6) is 1.78. The Morgan fingerprint density at radius 2 is 2.30 bits per heavy atom. The standard InChI is InChI=1S/C8H16OS/c1-8(2)5-7(6-10)3-4-9-8/h7,10H,3-6H2,1-2H3. The molecular weight excluding hydrogens is 144 g/mol. The average molecular weight is 160 g/mol. The molecule has 0 aromatic carbocycles. The summed E-state index contributed by atoms with van der Waals surface area (Å²) >= 11 is 4.29. The molecule has 10 heavy (non-hydrogen) atoms. The van der Waals surface area contributed by atoms with Gasteiger partial charge >= 0.3 is 0 Å². The number of ether oxygens (including phenoxy) is 1. The molecule has 0 spiro atoms. The zero-order valence-electron chi connectivity index (χ0n) is 6.76. The van der Waals surface area contributed by atoms with Gasteiger partial charge in [0.15, 0.2) is 0 Å². The van der Waals surface area contributed by atoms with Crippen molar-refractivity contribution < 1.29 is 4.74 Å². The first-order valence-electron chi connectivity index (χ1n) is 3.89. The molecule has 1 saturated heterocycles. The molecule has 1 atom stereocenters. The molecular formula is C8H16OS. The van der Waals surface area contributed by atoms with E-state index in [9.17, 15) is 0 Å². The first-order chi connectivity index (χ1) is 4.64. The molecule has 1 aliphatic rings. The van der Waals surface area contributed by atoms with Crippen LogP contribution in [0, 0.1) is 5.92 Å². The lowest BCUT2D eigenvalue weighted by Gasteiger charge is -2.34. The second kappa shape index (κ2) is 3.14. The molecule has 0 N–H and O–H groups in total. The second-order valence-corrected chi connectivity index (χ2v) is 4.01. The van der Waals surface area contributed by atoms with E-state index in [0.717, 1.165) is 24.7 Å². The van der Waals surface area contributed by atoms with E-state index in [1.807, 2.05) is 0 Å². The van der Waals surface area contributed by atoms with Gasteiger partial charge in [0, 0.05) is 6.61 Å². The third-order valence-electron chi connectivity index (χ3n) is 2.06. The molecule has 1 unspecified atom stereocenters. The van der Waals surface area contributed by atoms with Crippen LogP contribution in [-0.4, -0.2) is 18.0 Å². The van der Waals surface area contributed by atoms with Gasteiger partial charge in [0.25, 0.3) is 0 Å². The molecule has 0 bridgehead atoms. The molecule has 0 aliphatic carbocycles. The van der Waals surface area contributed by atoms with Crippen molar-refractivity contribution in [2.45, 2.75) is 32.3 Å². The second-order valence-electron chi connectivity index (χ2n) is 3.65. The van der Waals surface area contributed by atoms with Gasteiger partial charge in [-0.2, -0.15) is 12.6 Å². The molecule has 1 nitrogen and oxygen atoms in total. The molecule has 0 radical (unpaired) electrons. The number of rotatable bonds is 1. The third-order valence-corrected chi connectivity index (χ3v) is 2.57. The highest BCUT2D eigenvalue weighted by Gasteiger charge is 2.27. The van der Waals surface area contributed by atoms with E-state index in [4.69, 9.17) is 4.74 Å². The van der Waals surface area contributed by atoms with Crippen LogP contribution in [0.2, 0.25) is 0 Å². The fraction of sp³-hybridized carbons (Fsp3) is 1.00. The molecule has 0 aromatic heterocycles. The topological polar surface area (TPSA) is 9.23 Å². The summed E-state index contributed by atoms with van der Waals surface area (Å²) in [7, 11) is 0. The van der Waals surface area contributed by atoms with Crippen molar-refractivity contribution in [3.63, 3.8) is 0 Å². The lowest BCUT2D eigenvalue weighted by atomic mass is 9.90. The van der Waals surface area contributed by atoms with Gasteiger partial charge in [0.1, 0.15) is 0 Å². The van der Waals surface area contributed by atoms with Gasteiger partial charge < -0.3 is 4.74 Å². The normalized spacial score (nSPS) is 32.1. The minimum Gasteiger partial charge on any atom is -0.376 e. The van der Waals surface area contributed by atoms with E-state index in [1.54, 1.807) is 0 Å². The maximum atomic E-state index is 5.56. The van der Waals surface area contributed by atoms with E-state index < -0.39 is 0 Å². The zero-order valence-corrected chi connectivity index (χ0v) is 7.66. The van der Waals surface area contributed by atoms with Crippen molar-refractivity contribution in [2.24, 2.45) is 5.92 Å². The lowest BCUT2D eigenvalue weighted by molar-refractivity contribution is -0.0682. The zero-order chi connectivity index (χ0) is 7.61. The van der Waals surface area contributed by atoms with Crippen LogP contribution in [-0.2, 0) is 4.74 Å². The first-order valence-corrected chi connectivity index (χ1v) is 4.52. The average Bonchev–Trinajstić information content (AvgIpc) is 1.86. The summed E-state index contributed by atoms with van der Waals surface area (Å²) in [6.45, 7) is 5.23. The van der Waals surface area contributed by atoms with Gasteiger partial charge in [-0.15, -0.1) is 0 Å². The van der Waals surface area contributed by atoms with Crippen molar-refractivity contribution in [1.29, 1.82) is 0 Å². The van der Waals surface area contributed by atoms with E-state index in [-0.39, 0.29) is 5.60 Å². The Hall–Kier alpha value is 0.310.